The monoisotopic (exact) mass is 366 g/mol. The van der Waals surface area contributed by atoms with Gasteiger partial charge in [0.25, 0.3) is 0 Å². The number of benzene rings is 2. The van der Waals surface area contributed by atoms with Crippen molar-refractivity contribution in [3.05, 3.63) is 63.9 Å². The Morgan fingerprint density at radius 2 is 1.92 bits per heavy atom. The lowest BCUT2D eigenvalue weighted by atomic mass is 10.1. The number of H-pyrrole nitrogens is 1. The first-order valence-electron chi connectivity index (χ1n) is 8.53. The van der Waals surface area contributed by atoms with Crippen LogP contribution in [0.25, 0.3) is 11.4 Å². The second-order valence-corrected chi connectivity index (χ2v) is 6.88. The Hall–Kier alpha value is -2.73. The van der Waals surface area contributed by atoms with E-state index in [9.17, 15) is 4.79 Å². The summed E-state index contributed by atoms with van der Waals surface area (Å²) >= 11 is 5.34. The summed E-state index contributed by atoms with van der Waals surface area (Å²) in [6.45, 7) is 6.53. The molecule has 0 aliphatic rings. The molecule has 0 atom stereocenters. The lowest BCUT2D eigenvalue weighted by molar-refractivity contribution is -0.116. The zero-order valence-corrected chi connectivity index (χ0v) is 16.0. The Labute approximate surface area is 158 Å². The van der Waals surface area contributed by atoms with E-state index in [2.05, 4.69) is 27.6 Å². The summed E-state index contributed by atoms with van der Waals surface area (Å²) in [7, 11) is 0. The largest absolute Gasteiger partial charge is 0.326 e. The highest BCUT2D eigenvalue weighted by Crippen LogP contribution is 2.20. The topological polar surface area (TPSA) is 62.7 Å². The standard InChI is InChI=1S/C20H22N4OS/c1-13-5-4-6-16(12-13)19-22-23-20(26)24(19)10-9-18(25)21-17-8-7-14(2)11-15(17)3/h4-8,11-12H,9-10H2,1-3H3,(H,21,25)(H,23,26). The number of hydrogen-bond acceptors (Lipinski definition) is 3. The van der Waals surface area contributed by atoms with E-state index in [0.717, 1.165) is 28.2 Å². The Morgan fingerprint density at radius 3 is 2.65 bits per heavy atom. The van der Waals surface area contributed by atoms with Crippen molar-refractivity contribution >= 4 is 23.8 Å². The zero-order valence-electron chi connectivity index (χ0n) is 15.2. The van der Waals surface area contributed by atoms with Gasteiger partial charge >= 0.3 is 0 Å². The fourth-order valence-corrected chi connectivity index (χ4v) is 3.13. The van der Waals surface area contributed by atoms with Crippen LogP contribution in [0.1, 0.15) is 23.1 Å². The van der Waals surface area contributed by atoms with Gasteiger partial charge in [0.05, 0.1) is 0 Å². The van der Waals surface area contributed by atoms with Gasteiger partial charge in [-0.15, -0.1) is 0 Å². The van der Waals surface area contributed by atoms with Crippen LogP contribution >= 0.6 is 12.2 Å². The van der Waals surface area contributed by atoms with Crippen LogP contribution in [-0.4, -0.2) is 20.7 Å². The number of amides is 1. The molecule has 3 aromatic rings. The van der Waals surface area contributed by atoms with Crippen molar-refractivity contribution in [2.75, 3.05) is 5.32 Å². The number of rotatable bonds is 5. The summed E-state index contributed by atoms with van der Waals surface area (Å²) in [5, 5.41) is 10.1. The molecule has 6 heteroatoms. The maximum Gasteiger partial charge on any atom is 0.226 e. The van der Waals surface area contributed by atoms with Crippen LogP contribution in [0.15, 0.2) is 42.5 Å². The molecule has 0 aliphatic heterocycles. The molecule has 0 bridgehead atoms. The van der Waals surface area contributed by atoms with E-state index >= 15 is 0 Å². The van der Waals surface area contributed by atoms with Gasteiger partial charge < -0.3 is 5.32 Å². The van der Waals surface area contributed by atoms with Crippen molar-refractivity contribution in [3.8, 4) is 11.4 Å². The molecule has 0 saturated carbocycles. The lowest BCUT2D eigenvalue weighted by Gasteiger charge is -2.10. The molecule has 0 spiro atoms. The average Bonchev–Trinajstić information content (AvgIpc) is 2.96. The molecule has 0 radical (unpaired) electrons. The molecule has 0 aliphatic carbocycles. The highest BCUT2D eigenvalue weighted by Gasteiger charge is 2.11. The Morgan fingerprint density at radius 1 is 1.15 bits per heavy atom. The molecule has 26 heavy (non-hydrogen) atoms. The van der Waals surface area contributed by atoms with E-state index in [4.69, 9.17) is 12.2 Å². The first-order valence-corrected chi connectivity index (χ1v) is 8.94. The van der Waals surface area contributed by atoms with Crippen molar-refractivity contribution in [2.24, 2.45) is 0 Å². The smallest absolute Gasteiger partial charge is 0.226 e. The molecule has 2 aromatic carbocycles. The van der Waals surface area contributed by atoms with E-state index in [1.54, 1.807) is 0 Å². The van der Waals surface area contributed by atoms with Gasteiger partial charge in [0.1, 0.15) is 0 Å². The van der Waals surface area contributed by atoms with E-state index in [1.165, 1.54) is 5.56 Å². The number of nitrogens with one attached hydrogen (secondary N) is 2. The maximum absolute atomic E-state index is 12.4. The molecule has 1 aromatic heterocycles. The quantitative estimate of drug-likeness (QED) is 0.651. The van der Waals surface area contributed by atoms with Gasteiger partial charge in [-0.2, -0.15) is 5.10 Å². The van der Waals surface area contributed by atoms with Crippen molar-refractivity contribution in [1.29, 1.82) is 0 Å². The van der Waals surface area contributed by atoms with E-state index in [1.807, 2.05) is 55.7 Å². The second kappa shape index (κ2) is 7.66. The second-order valence-electron chi connectivity index (χ2n) is 6.49. The normalized spacial score (nSPS) is 10.7. The van der Waals surface area contributed by atoms with E-state index in [0.29, 0.717) is 17.7 Å². The number of hydrogen-bond donors (Lipinski definition) is 2. The van der Waals surface area contributed by atoms with Gasteiger partial charge in [-0.05, 0) is 50.7 Å². The Balaban J connectivity index is 1.73. The average molecular weight is 366 g/mol. The van der Waals surface area contributed by atoms with Crippen LogP contribution in [0.4, 0.5) is 5.69 Å². The van der Waals surface area contributed by atoms with E-state index < -0.39 is 0 Å². The molecule has 0 unspecified atom stereocenters. The molecule has 0 fully saturated rings. The van der Waals surface area contributed by atoms with Crippen LogP contribution in [0.5, 0.6) is 0 Å². The fraction of sp³-hybridized carbons (Fsp3) is 0.250. The van der Waals surface area contributed by atoms with Gasteiger partial charge in [0.15, 0.2) is 10.6 Å². The molecule has 0 saturated heterocycles. The molecular formula is C20H22N4OS. The first-order chi connectivity index (χ1) is 12.4. The van der Waals surface area contributed by atoms with Gasteiger partial charge in [-0.3, -0.25) is 14.5 Å². The molecule has 5 nitrogen and oxygen atoms in total. The van der Waals surface area contributed by atoms with Crippen molar-refractivity contribution < 1.29 is 4.79 Å². The first kappa shape index (κ1) is 18.1. The molecule has 2 N–H and O–H groups in total. The number of nitrogens with zero attached hydrogens (tertiary/aromatic N) is 2. The summed E-state index contributed by atoms with van der Waals surface area (Å²) in [6, 6.07) is 14.0. The summed E-state index contributed by atoms with van der Waals surface area (Å²) in [5.41, 5.74) is 5.20. The molecule has 1 heterocycles. The SMILES string of the molecule is Cc1cccc(-c2n[nH]c(=S)n2CCC(=O)Nc2ccc(C)cc2C)c1. The number of aromatic amines is 1. The third-order valence-corrected chi connectivity index (χ3v) is 4.56. The molecular weight excluding hydrogens is 344 g/mol. The van der Waals surface area contributed by atoms with Crippen LogP contribution in [0.2, 0.25) is 0 Å². The van der Waals surface area contributed by atoms with Crippen molar-refractivity contribution in [2.45, 2.75) is 33.7 Å². The number of aryl methyl sites for hydroxylation is 3. The van der Waals surface area contributed by atoms with Gasteiger partial charge in [-0.1, -0.05) is 41.5 Å². The minimum absolute atomic E-state index is 0.0461. The summed E-state index contributed by atoms with van der Waals surface area (Å²) in [6.07, 6.45) is 0.319. The van der Waals surface area contributed by atoms with Gasteiger partial charge in [0, 0.05) is 24.2 Å². The lowest BCUT2D eigenvalue weighted by Crippen LogP contribution is -2.15. The van der Waals surface area contributed by atoms with Crippen LogP contribution in [0, 0.1) is 25.5 Å². The van der Waals surface area contributed by atoms with Crippen molar-refractivity contribution in [3.63, 3.8) is 0 Å². The van der Waals surface area contributed by atoms with Gasteiger partial charge in [0.2, 0.25) is 5.91 Å². The maximum atomic E-state index is 12.4. The molecule has 1 amide bonds. The third kappa shape index (κ3) is 4.08. The van der Waals surface area contributed by atoms with Crippen LogP contribution < -0.4 is 5.32 Å². The third-order valence-electron chi connectivity index (χ3n) is 4.25. The molecule has 3 rings (SSSR count). The summed E-state index contributed by atoms with van der Waals surface area (Å²) in [5.74, 6) is 0.702. The van der Waals surface area contributed by atoms with Crippen LogP contribution in [-0.2, 0) is 11.3 Å². The summed E-state index contributed by atoms with van der Waals surface area (Å²) < 4.78 is 2.38. The predicted molar refractivity (Wildman–Crippen MR) is 107 cm³/mol. The van der Waals surface area contributed by atoms with Gasteiger partial charge in [-0.25, -0.2) is 0 Å². The summed E-state index contributed by atoms with van der Waals surface area (Å²) in [4.78, 5) is 12.4. The number of carbonyl (C=O) groups excluding carboxylic acids is 1. The Bertz CT molecular complexity index is 1000. The number of anilines is 1. The van der Waals surface area contributed by atoms with Crippen LogP contribution in [0.3, 0.4) is 0 Å². The minimum Gasteiger partial charge on any atom is -0.326 e. The highest BCUT2D eigenvalue weighted by molar-refractivity contribution is 7.71. The van der Waals surface area contributed by atoms with E-state index in [-0.39, 0.29) is 5.91 Å². The highest BCUT2D eigenvalue weighted by atomic mass is 32.1. The predicted octanol–water partition coefficient (Wildman–Crippen LogP) is 4.56. The molecule has 134 valence electrons. The Kier molecular flexibility index (Phi) is 5.32. The number of carbonyl (C=O) groups is 1. The minimum atomic E-state index is -0.0461. The van der Waals surface area contributed by atoms with Crippen molar-refractivity contribution in [1.82, 2.24) is 14.8 Å². The zero-order chi connectivity index (χ0) is 18.7. The fourth-order valence-electron chi connectivity index (χ4n) is 2.91. The number of aromatic nitrogens is 3.